The highest BCUT2D eigenvalue weighted by Crippen LogP contribution is 2.18. The number of aliphatic hydroxyl groups excluding tert-OH is 1. The number of aryl methyl sites for hydroxylation is 1. The van der Waals surface area contributed by atoms with Gasteiger partial charge in [0.25, 0.3) is 0 Å². The van der Waals surface area contributed by atoms with Gasteiger partial charge < -0.3 is 14.4 Å². The molecule has 0 atom stereocenters. The van der Waals surface area contributed by atoms with E-state index in [4.69, 9.17) is 9.84 Å². The van der Waals surface area contributed by atoms with Gasteiger partial charge in [0.1, 0.15) is 18.2 Å². The molecule has 0 aliphatic carbocycles. The van der Waals surface area contributed by atoms with Crippen molar-refractivity contribution in [2.45, 2.75) is 19.6 Å². The van der Waals surface area contributed by atoms with E-state index >= 15 is 0 Å². The molecule has 1 aromatic heterocycles. The molecule has 0 fully saturated rings. The summed E-state index contributed by atoms with van der Waals surface area (Å²) in [5.74, 6) is 1.71. The lowest BCUT2D eigenvalue weighted by atomic mass is 10.3. The fourth-order valence-electron chi connectivity index (χ4n) is 2.38. The van der Waals surface area contributed by atoms with Gasteiger partial charge in [-0.1, -0.05) is 30.3 Å². The molecule has 3 aromatic rings. The van der Waals surface area contributed by atoms with Gasteiger partial charge in [0.05, 0.1) is 11.0 Å². The monoisotopic (exact) mass is 282 g/mol. The van der Waals surface area contributed by atoms with Crippen LogP contribution in [0.2, 0.25) is 0 Å². The zero-order chi connectivity index (χ0) is 14.5. The number of para-hydroxylation sites is 3. The van der Waals surface area contributed by atoms with Gasteiger partial charge in [0.2, 0.25) is 0 Å². The second-order valence-corrected chi connectivity index (χ2v) is 4.85. The lowest BCUT2D eigenvalue weighted by molar-refractivity contribution is 0.269. The summed E-state index contributed by atoms with van der Waals surface area (Å²) in [6, 6.07) is 17.7. The van der Waals surface area contributed by atoms with Crippen LogP contribution in [0.5, 0.6) is 5.75 Å². The van der Waals surface area contributed by atoms with Crippen molar-refractivity contribution in [3.63, 3.8) is 0 Å². The number of aromatic nitrogens is 2. The van der Waals surface area contributed by atoms with Crippen LogP contribution < -0.4 is 4.74 Å². The first-order chi connectivity index (χ1) is 10.4. The Morgan fingerprint density at radius 3 is 2.57 bits per heavy atom. The Bertz CT molecular complexity index is 707. The first-order valence-corrected chi connectivity index (χ1v) is 7.11. The molecule has 0 bridgehead atoms. The lowest BCUT2D eigenvalue weighted by Gasteiger charge is -2.09. The van der Waals surface area contributed by atoms with E-state index in [9.17, 15) is 0 Å². The number of nitrogens with zero attached hydrogens (tertiary/aromatic N) is 2. The predicted octanol–water partition coefficient (Wildman–Crippen LogP) is 3.00. The summed E-state index contributed by atoms with van der Waals surface area (Å²) in [4.78, 5) is 4.64. The van der Waals surface area contributed by atoms with Gasteiger partial charge in [-0.3, -0.25) is 0 Å². The summed E-state index contributed by atoms with van der Waals surface area (Å²) in [5.41, 5.74) is 2.04. The van der Waals surface area contributed by atoms with E-state index in [-0.39, 0.29) is 6.61 Å². The number of benzene rings is 2. The van der Waals surface area contributed by atoms with Crippen LogP contribution in [0.1, 0.15) is 12.2 Å². The molecule has 2 aromatic carbocycles. The van der Waals surface area contributed by atoms with Crippen molar-refractivity contribution >= 4 is 11.0 Å². The highest BCUT2D eigenvalue weighted by atomic mass is 16.5. The zero-order valence-electron chi connectivity index (χ0n) is 11.8. The lowest BCUT2D eigenvalue weighted by Crippen LogP contribution is -2.08. The quantitative estimate of drug-likeness (QED) is 0.756. The van der Waals surface area contributed by atoms with Crippen molar-refractivity contribution in [2.75, 3.05) is 6.61 Å². The summed E-state index contributed by atoms with van der Waals surface area (Å²) in [7, 11) is 0. The van der Waals surface area contributed by atoms with E-state index in [1.54, 1.807) is 0 Å². The molecule has 0 aliphatic heterocycles. The minimum absolute atomic E-state index is 0.172. The topological polar surface area (TPSA) is 47.3 Å². The Labute approximate surface area is 123 Å². The molecular formula is C17H18N2O2. The molecule has 4 heteroatoms. The number of ether oxygens (including phenoxy) is 1. The maximum atomic E-state index is 9.07. The van der Waals surface area contributed by atoms with Crippen LogP contribution in [-0.2, 0) is 13.2 Å². The fraction of sp³-hybridized carbons (Fsp3) is 0.235. The molecule has 1 N–H and O–H groups in total. The Hall–Kier alpha value is -2.33. The molecule has 0 spiro atoms. The second-order valence-electron chi connectivity index (χ2n) is 4.85. The fourth-order valence-corrected chi connectivity index (χ4v) is 2.38. The van der Waals surface area contributed by atoms with E-state index in [1.165, 1.54) is 0 Å². The van der Waals surface area contributed by atoms with Crippen LogP contribution in [0.15, 0.2) is 54.6 Å². The predicted molar refractivity (Wildman–Crippen MR) is 82.2 cm³/mol. The molecule has 3 rings (SSSR count). The smallest absolute Gasteiger partial charge is 0.147 e. The minimum Gasteiger partial charge on any atom is -0.486 e. The highest BCUT2D eigenvalue weighted by molar-refractivity contribution is 5.75. The van der Waals surface area contributed by atoms with Crippen molar-refractivity contribution in [3.8, 4) is 5.75 Å². The molecule has 0 saturated heterocycles. The van der Waals surface area contributed by atoms with Crippen molar-refractivity contribution < 1.29 is 9.84 Å². The molecule has 0 radical (unpaired) electrons. The van der Waals surface area contributed by atoms with Gasteiger partial charge in [-0.15, -0.1) is 0 Å². The van der Waals surface area contributed by atoms with E-state index in [0.29, 0.717) is 13.0 Å². The highest BCUT2D eigenvalue weighted by Gasteiger charge is 2.10. The third-order valence-electron chi connectivity index (χ3n) is 3.38. The SMILES string of the molecule is OCCCn1c(COc2ccccc2)nc2ccccc21. The molecule has 21 heavy (non-hydrogen) atoms. The zero-order valence-corrected chi connectivity index (χ0v) is 11.8. The summed E-state index contributed by atoms with van der Waals surface area (Å²) in [5, 5.41) is 9.07. The summed E-state index contributed by atoms with van der Waals surface area (Å²) in [6.45, 7) is 1.33. The van der Waals surface area contributed by atoms with Crippen molar-refractivity contribution in [1.29, 1.82) is 0 Å². The molecule has 1 heterocycles. The standard InChI is InChI=1S/C17H18N2O2/c20-12-6-11-19-16-10-5-4-9-15(16)18-17(19)13-21-14-7-2-1-3-8-14/h1-5,7-10,20H,6,11-13H2. The largest absolute Gasteiger partial charge is 0.486 e. The summed E-state index contributed by atoms with van der Waals surface area (Å²) >= 11 is 0. The molecule has 0 saturated carbocycles. The Morgan fingerprint density at radius 2 is 1.76 bits per heavy atom. The number of fused-ring (bicyclic) bond motifs is 1. The first kappa shape index (κ1) is 13.6. The normalized spacial score (nSPS) is 10.9. The number of hydrogen-bond acceptors (Lipinski definition) is 3. The average Bonchev–Trinajstić information content (AvgIpc) is 2.89. The first-order valence-electron chi connectivity index (χ1n) is 7.11. The molecule has 108 valence electrons. The Morgan fingerprint density at radius 1 is 1.00 bits per heavy atom. The van der Waals surface area contributed by atoms with Gasteiger partial charge in [0, 0.05) is 13.2 Å². The van der Waals surface area contributed by atoms with Crippen LogP contribution in [0, 0.1) is 0 Å². The van der Waals surface area contributed by atoms with Crippen LogP contribution in [-0.4, -0.2) is 21.3 Å². The van der Waals surface area contributed by atoms with Crippen molar-refractivity contribution in [1.82, 2.24) is 9.55 Å². The van der Waals surface area contributed by atoms with Crippen LogP contribution >= 0.6 is 0 Å². The van der Waals surface area contributed by atoms with Gasteiger partial charge in [0.15, 0.2) is 0 Å². The molecule has 0 aliphatic rings. The second kappa shape index (κ2) is 6.41. The van der Waals surface area contributed by atoms with Gasteiger partial charge in [-0.25, -0.2) is 4.98 Å². The van der Waals surface area contributed by atoms with E-state index in [0.717, 1.165) is 29.2 Å². The molecule has 0 amide bonds. The third-order valence-corrected chi connectivity index (χ3v) is 3.38. The number of hydrogen-bond donors (Lipinski definition) is 1. The summed E-state index contributed by atoms with van der Waals surface area (Å²) in [6.07, 6.45) is 0.707. The van der Waals surface area contributed by atoms with Crippen molar-refractivity contribution in [3.05, 3.63) is 60.4 Å². The van der Waals surface area contributed by atoms with Crippen molar-refractivity contribution in [2.24, 2.45) is 0 Å². The number of rotatable bonds is 6. The molecular weight excluding hydrogens is 264 g/mol. The van der Waals surface area contributed by atoms with E-state index in [1.807, 2.05) is 54.6 Å². The van der Waals surface area contributed by atoms with E-state index < -0.39 is 0 Å². The average molecular weight is 282 g/mol. The Kier molecular flexibility index (Phi) is 4.17. The maximum absolute atomic E-state index is 9.07. The van der Waals surface area contributed by atoms with Crippen LogP contribution in [0.4, 0.5) is 0 Å². The van der Waals surface area contributed by atoms with Gasteiger partial charge >= 0.3 is 0 Å². The molecule has 0 unspecified atom stereocenters. The summed E-state index contributed by atoms with van der Waals surface area (Å²) < 4.78 is 7.92. The van der Waals surface area contributed by atoms with Gasteiger partial charge in [-0.2, -0.15) is 0 Å². The Balaban J connectivity index is 1.86. The number of imidazole rings is 1. The van der Waals surface area contributed by atoms with Crippen LogP contribution in [0.3, 0.4) is 0 Å². The minimum atomic E-state index is 0.172. The van der Waals surface area contributed by atoms with Gasteiger partial charge in [-0.05, 0) is 30.7 Å². The molecule has 4 nitrogen and oxygen atoms in total. The van der Waals surface area contributed by atoms with E-state index in [2.05, 4.69) is 9.55 Å². The maximum Gasteiger partial charge on any atom is 0.147 e. The third kappa shape index (κ3) is 3.06. The van der Waals surface area contributed by atoms with Crippen LogP contribution in [0.25, 0.3) is 11.0 Å². The number of aliphatic hydroxyl groups is 1.